The molecule has 0 fully saturated rings. The first-order chi connectivity index (χ1) is 12.2. The van der Waals surface area contributed by atoms with Gasteiger partial charge in [0, 0.05) is 0 Å². The molecule has 0 radical (unpaired) electrons. The highest BCUT2D eigenvalue weighted by Gasteiger charge is 2.10. The van der Waals surface area contributed by atoms with Crippen molar-refractivity contribution in [2.45, 2.75) is 77.6 Å². The van der Waals surface area contributed by atoms with Gasteiger partial charge in [0.2, 0.25) is 0 Å². The molecule has 0 aliphatic rings. The number of rotatable bonds is 12. The third kappa shape index (κ3) is 6.53. The van der Waals surface area contributed by atoms with Crippen LogP contribution in [0.5, 0.6) is 0 Å². The minimum atomic E-state index is -0.832. The molecule has 0 atom stereocenters. The van der Waals surface area contributed by atoms with Gasteiger partial charge in [-0.05, 0) is 35.2 Å². The molecule has 0 amide bonds. The van der Waals surface area contributed by atoms with Gasteiger partial charge in [0.25, 0.3) is 0 Å². The fourth-order valence-corrected chi connectivity index (χ4v) is 3.51. The van der Waals surface area contributed by atoms with E-state index >= 15 is 0 Å². The average Bonchev–Trinajstić information content (AvgIpc) is 2.62. The van der Waals surface area contributed by atoms with Crippen LogP contribution in [0.3, 0.4) is 0 Å². The molecule has 0 aromatic heterocycles. The number of carbonyl (C=O) groups is 1. The summed E-state index contributed by atoms with van der Waals surface area (Å²) in [5.41, 5.74) is 1.58. The van der Waals surface area contributed by atoms with Gasteiger partial charge in [0.1, 0.15) is 0 Å². The van der Waals surface area contributed by atoms with Crippen molar-refractivity contribution >= 4 is 16.7 Å². The molecule has 0 aliphatic heterocycles. The molecular formula is C23H32O2. The molecule has 2 heteroatoms. The van der Waals surface area contributed by atoms with Crippen LogP contribution in [0.15, 0.2) is 36.4 Å². The predicted octanol–water partition coefficient (Wildman–Crippen LogP) is 7.00. The molecule has 2 rings (SSSR count). The molecule has 136 valence electrons. The normalized spacial score (nSPS) is 11.1. The first-order valence-corrected chi connectivity index (χ1v) is 9.97. The number of hydrogen-bond donors (Lipinski definition) is 1. The Hall–Kier alpha value is -1.83. The summed E-state index contributed by atoms with van der Waals surface area (Å²) in [6.45, 7) is 2.26. The predicted molar refractivity (Wildman–Crippen MR) is 106 cm³/mol. The quantitative estimate of drug-likeness (QED) is 0.422. The first-order valence-electron chi connectivity index (χ1n) is 9.97. The lowest BCUT2D eigenvalue weighted by Gasteiger charge is -2.08. The molecule has 2 nitrogen and oxygen atoms in total. The minimum absolute atomic E-state index is 0.431. The number of fused-ring (bicyclic) bond motifs is 1. The van der Waals surface area contributed by atoms with Crippen LogP contribution in [0.1, 0.15) is 87.1 Å². The Morgan fingerprint density at radius 2 is 1.44 bits per heavy atom. The lowest BCUT2D eigenvalue weighted by atomic mass is 9.97. The Morgan fingerprint density at radius 3 is 2.08 bits per heavy atom. The van der Waals surface area contributed by atoms with Gasteiger partial charge in [-0.25, -0.2) is 4.79 Å². The molecule has 0 saturated carbocycles. The highest BCUT2D eigenvalue weighted by molar-refractivity contribution is 6.04. The Bertz CT molecular complexity index is 660. The number of aromatic carboxylic acids is 1. The maximum Gasteiger partial charge on any atom is 0.336 e. The van der Waals surface area contributed by atoms with Crippen molar-refractivity contribution in [2.24, 2.45) is 0 Å². The van der Waals surface area contributed by atoms with Crippen LogP contribution < -0.4 is 0 Å². The summed E-state index contributed by atoms with van der Waals surface area (Å²) in [6.07, 6.45) is 14.2. The van der Waals surface area contributed by atoms with Crippen molar-refractivity contribution in [3.05, 3.63) is 47.5 Å². The van der Waals surface area contributed by atoms with Gasteiger partial charge in [-0.2, -0.15) is 0 Å². The highest BCUT2D eigenvalue weighted by Crippen LogP contribution is 2.23. The van der Waals surface area contributed by atoms with E-state index in [1.54, 1.807) is 0 Å². The van der Waals surface area contributed by atoms with E-state index in [-0.39, 0.29) is 0 Å². The molecule has 1 N–H and O–H groups in total. The van der Waals surface area contributed by atoms with E-state index < -0.39 is 5.97 Å². The Kier molecular flexibility index (Phi) is 8.51. The van der Waals surface area contributed by atoms with Crippen molar-refractivity contribution in [1.29, 1.82) is 0 Å². The topological polar surface area (TPSA) is 37.3 Å². The molecule has 0 saturated heterocycles. The van der Waals surface area contributed by atoms with E-state index in [0.29, 0.717) is 5.56 Å². The van der Waals surface area contributed by atoms with Gasteiger partial charge < -0.3 is 5.11 Å². The van der Waals surface area contributed by atoms with Gasteiger partial charge >= 0.3 is 5.97 Å². The van der Waals surface area contributed by atoms with E-state index in [2.05, 4.69) is 13.0 Å². The zero-order valence-electron chi connectivity index (χ0n) is 15.6. The standard InChI is InChI=1S/C23H32O2/c1-2-3-4-5-6-7-8-9-10-11-14-19-17-20-15-12-13-16-21(20)22(18-19)23(24)25/h12-13,15-18H,2-11,14H2,1H3,(H,24,25). The molecular weight excluding hydrogens is 308 g/mol. The summed E-state index contributed by atoms with van der Waals surface area (Å²) in [6, 6.07) is 11.8. The van der Waals surface area contributed by atoms with E-state index in [1.165, 1.54) is 57.8 Å². The van der Waals surface area contributed by atoms with Crippen LogP contribution in [-0.4, -0.2) is 11.1 Å². The molecule has 0 heterocycles. The second kappa shape index (κ2) is 10.9. The maximum absolute atomic E-state index is 11.5. The third-order valence-corrected chi connectivity index (χ3v) is 4.97. The summed E-state index contributed by atoms with van der Waals surface area (Å²) >= 11 is 0. The number of hydrogen-bond acceptors (Lipinski definition) is 1. The largest absolute Gasteiger partial charge is 0.478 e. The van der Waals surface area contributed by atoms with Crippen LogP contribution in [0.2, 0.25) is 0 Å². The molecule has 0 spiro atoms. The van der Waals surface area contributed by atoms with Gasteiger partial charge in [-0.15, -0.1) is 0 Å². The van der Waals surface area contributed by atoms with Crippen LogP contribution >= 0.6 is 0 Å². The monoisotopic (exact) mass is 340 g/mol. The van der Waals surface area contributed by atoms with Crippen molar-refractivity contribution in [3.8, 4) is 0 Å². The SMILES string of the molecule is CCCCCCCCCCCCc1cc(C(=O)O)c2ccccc2c1. The molecule has 0 aliphatic carbocycles. The van der Waals surface area contributed by atoms with Crippen molar-refractivity contribution in [3.63, 3.8) is 0 Å². The second-order valence-corrected chi connectivity index (χ2v) is 7.10. The molecule has 0 bridgehead atoms. The zero-order valence-corrected chi connectivity index (χ0v) is 15.6. The molecule has 2 aromatic carbocycles. The third-order valence-electron chi connectivity index (χ3n) is 4.97. The van der Waals surface area contributed by atoms with E-state index in [4.69, 9.17) is 0 Å². The van der Waals surface area contributed by atoms with Gasteiger partial charge in [0.15, 0.2) is 0 Å². The number of unbranched alkanes of at least 4 members (excludes halogenated alkanes) is 9. The average molecular weight is 341 g/mol. The highest BCUT2D eigenvalue weighted by atomic mass is 16.4. The number of carboxylic acids is 1. The summed E-state index contributed by atoms with van der Waals surface area (Å²) in [7, 11) is 0. The first kappa shape index (κ1) is 19.5. The van der Waals surface area contributed by atoms with Crippen LogP contribution in [-0.2, 0) is 6.42 Å². The van der Waals surface area contributed by atoms with Crippen LogP contribution in [0, 0.1) is 0 Å². The second-order valence-electron chi connectivity index (χ2n) is 7.10. The Balaban J connectivity index is 1.73. The fourth-order valence-electron chi connectivity index (χ4n) is 3.51. The van der Waals surface area contributed by atoms with Gasteiger partial charge in [0.05, 0.1) is 5.56 Å². The minimum Gasteiger partial charge on any atom is -0.478 e. The summed E-state index contributed by atoms with van der Waals surface area (Å²) in [4.78, 5) is 11.5. The summed E-state index contributed by atoms with van der Waals surface area (Å²) in [5, 5.41) is 11.3. The van der Waals surface area contributed by atoms with Gasteiger partial charge in [-0.1, -0.05) is 95.0 Å². The lowest BCUT2D eigenvalue weighted by Crippen LogP contribution is -1.99. The van der Waals surface area contributed by atoms with E-state index in [9.17, 15) is 9.90 Å². The van der Waals surface area contributed by atoms with Crippen LogP contribution in [0.4, 0.5) is 0 Å². The van der Waals surface area contributed by atoms with E-state index in [0.717, 1.165) is 29.2 Å². The zero-order chi connectivity index (χ0) is 17.9. The Morgan fingerprint density at radius 1 is 0.840 bits per heavy atom. The molecule has 2 aromatic rings. The summed E-state index contributed by atoms with van der Waals surface area (Å²) in [5.74, 6) is -0.832. The lowest BCUT2D eigenvalue weighted by molar-refractivity contribution is 0.0699. The molecule has 25 heavy (non-hydrogen) atoms. The van der Waals surface area contributed by atoms with Crippen molar-refractivity contribution in [2.75, 3.05) is 0 Å². The smallest absolute Gasteiger partial charge is 0.336 e. The van der Waals surface area contributed by atoms with Crippen molar-refractivity contribution < 1.29 is 9.90 Å². The Labute approximate surface area is 152 Å². The number of benzene rings is 2. The maximum atomic E-state index is 11.5. The number of aryl methyl sites for hydroxylation is 1. The molecule has 0 unspecified atom stereocenters. The van der Waals surface area contributed by atoms with E-state index in [1.807, 2.05) is 30.3 Å². The number of carboxylic acid groups (broad SMARTS) is 1. The van der Waals surface area contributed by atoms with Gasteiger partial charge in [-0.3, -0.25) is 0 Å². The van der Waals surface area contributed by atoms with Crippen molar-refractivity contribution in [1.82, 2.24) is 0 Å². The van der Waals surface area contributed by atoms with Crippen LogP contribution in [0.25, 0.3) is 10.8 Å². The summed E-state index contributed by atoms with van der Waals surface area (Å²) < 4.78 is 0. The fraction of sp³-hybridized carbons (Fsp3) is 0.522.